The average Bonchev–Trinajstić information content (AvgIpc) is 1.31. The Morgan fingerprint density at radius 1 is 0.432 bits per heavy atom. The summed E-state index contributed by atoms with van der Waals surface area (Å²) in [6.45, 7) is 12.1. The molecule has 0 unspecified atom stereocenters. The zero-order chi connectivity index (χ0) is 83.6. The van der Waals surface area contributed by atoms with Gasteiger partial charge in [-0.1, -0.05) is 68.2 Å². The van der Waals surface area contributed by atoms with Crippen LogP contribution in [0, 0.1) is 23.7 Å². The normalized spacial score (nSPS) is 15.1. The van der Waals surface area contributed by atoms with Crippen molar-refractivity contribution in [2.75, 3.05) is 32.8 Å². The monoisotopic (exact) mass is 1570 g/mol. The lowest BCUT2D eigenvalue weighted by Gasteiger charge is -2.30. The van der Waals surface area contributed by atoms with Crippen molar-refractivity contribution in [2.24, 2.45) is 63.1 Å². The van der Waals surface area contributed by atoms with E-state index in [2.05, 4.69) is 78.1 Å². The molecule has 111 heavy (non-hydrogen) atoms. The van der Waals surface area contributed by atoms with Crippen LogP contribution in [0.25, 0.3) is 0 Å². The SMILES string of the molecule is CC[C@H](C)[C@H](NC(=O)[C@H](CCCCN)NC(=O)[C@H](Cc1cnc[nH]1)NC(=O)[C@@H](N)CCCCN)C(=O)N[C@@H](CC(C)C)C(=O)N[C@@H](Cc1cnc[nH]1)C(=O)N[C@@H](CCCN=C(N)N)C(=O)N[C@@H](CC(C)C)C(=O)N[C@@H](CC(C)C)C(=O)N[C@@H](CCC(N)=O)C(=O)N[C@@H](CC(=O)O)C(=O)N[C@@H](CO)C(=O)N[C@@H](CO)C(=O)O. The number of hydrogen-bond donors (Lipinski definition) is 24. The summed E-state index contributed by atoms with van der Waals surface area (Å²) in [5.41, 5.74) is 35.1. The minimum atomic E-state index is -2.07. The van der Waals surface area contributed by atoms with E-state index in [1.807, 2.05) is 10.6 Å². The molecule has 13 amide bonds. The molecule has 0 fully saturated rings. The van der Waals surface area contributed by atoms with Gasteiger partial charge >= 0.3 is 11.9 Å². The Morgan fingerprint density at radius 2 is 0.784 bits per heavy atom. The van der Waals surface area contributed by atoms with Crippen LogP contribution in [0.1, 0.15) is 163 Å². The molecule has 2 aromatic rings. The molecule has 2 rings (SSSR count). The predicted octanol–water partition coefficient (Wildman–Crippen LogP) is -6.63. The molecule has 0 bridgehead atoms. The highest BCUT2D eigenvalue weighted by Gasteiger charge is 2.39. The van der Waals surface area contributed by atoms with E-state index < -0.39 is 212 Å². The first-order valence-corrected chi connectivity index (χ1v) is 37.1. The van der Waals surface area contributed by atoms with Crippen LogP contribution >= 0.6 is 0 Å². The highest BCUT2D eigenvalue weighted by molar-refractivity contribution is 6.00. The Labute approximate surface area is 643 Å². The number of guanidine groups is 1. The van der Waals surface area contributed by atoms with Gasteiger partial charge in [0.2, 0.25) is 76.8 Å². The van der Waals surface area contributed by atoms with E-state index in [-0.39, 0.29) is 82.3 Å². The third kappa shape index (κ3) is 37.2. The fourth-order valence-electron chi connectivity index (χ4n) is 11.2. The quantitative estimate of drug-likeness (QED) is 0.0166. The second kappa shape index (κ2) is 51.1. The van der Waals surface area contributed by atoms with Crippen LogP contribution in [0.15, 0.2) is 30.0 Å². The summed E-state index contributed by atoms with van der Waals surface area (Å²) in [5.74, 6) is -18.0. The number of aliphatic imine (C=N–C) groups is 1. The average molecular weight is 1570 g/mol. The molecule has 42 heteroatoms. The number of aliphatic hydroxyl groups is 2. The molecule has 0 saturated carbocycles. The number of aliphatic carboxylic acids is 2. The topological polar surface area (TPSA) is 707 Å². The van der Waals surface area contributed by atoms with Gasteiger partial charge in [-0.05, 0) is 107 Å². The molecule has 0 radical (unpaired) electrons. The van der Waals surface area contributed by atoms with Gasteiger partial charge in [0.05, 0.1) is 38.3 Å². The number of aromatic amines is 2. The van der Waals surface area contributed by atoms with Gasteiger partial charge < -0.3 is 129 Å². The summed E-state index contributed by atoms with van der Waals surface area (Å²) in [7, 11) is 0. The minimum absolute atomic E-state index is 0.0180. The van der Waals surface area contributed by atoms with E-state index >= 15 is 0 Å². The van der Waals surface area contributed by atoms with Gasteiger partial charge in [-0.25, -0.2) is 14.8 Å². The number of unbranched alkanes of at least 4 members (excludes halogenated alkanes) is 2. The lowest BCUT2D eigenvalue weighted by Crippen LogP contribution is -2.62. The minimum Gasteiger partial charge on any atom is -0.481 e. The first-order chi connectivity index (χ1) is 52.4. The first kappa shape index (κ1) is 96.6. The highest BCUT2D eigenvalue weighted by atomic mass is 16.4. The van der Waals surface area contributed by atoms with Crippen LogP contribution in [0.5, 0.6) is 0 Å². The number of carboxylic acids is 2. The van der Waals surface area contributed by atoms with E-state index in [0.717, 1.165) is 0 Å². The van der Waals surface area contributed by atoms with Crippen molar-refractivity contribution < 1.29 is 92.3 Å². The molecule has 2 aromatic heterocycles. The molecular formula is C69H119N23O19. The van der Waals surface area contributed by atoms with Crippen LogP contribution in [0.2, 0.25) is 0 Å². The maximum Gasteiger partial charge on any atom is 0.328 e. The number of carbonyl (C=O) groups excluding carboxylic acids is 13. The summed E-state index contributed by atoms with van der Waals surface area (Å²) >= 11 is 0. The van der Waals surface area contributed by atoms with Crippen molar-refractivity contribution in [3.63, 3.8) is 0 Å². The number of rotatable bonds is 56. The summed E-state index contributed by atoms with van der Waals surface area (Å²) in [4.78, 5) is 224. The molecule has 624 valence electrons. The fraction of sp³-hybridized carbons (Fsp3) is 0.681. The van der Waals surface area contributed by atoms with Crippen LogP contribution in [-0.2, 0) is 84.8 Å². The maximum absolute atomic E-state index is 14.9. The van der Waals surface area contributed by atoms with Gasteiger partial charge in [0.25, 0.3) is 0 Å². The van der Waals surface area contributed by atoms with Crippen molar-refractivity contribution in [1.29, 1.82) is 0 Å². The molecule has 0 aliphatic rings. The number of H-pyrrole nitrogens is 2. The van der Waals surface area contributed by atoms with Crippen LogP contribution in [0.3, 0.4) is 0 Å². The molecule has 2 heterocycles. The second-order valence-corrected chi connectivity index (χ2v) is 28.4. The fourth-order valence-corrected chi connectivity index (χ4v) is 11.2. The van der Waals surface area contributed by atoms with Gasteiger partial charge in [0.15, 0.2) is 5.96 Å². The number of aromatic nitrogens is 4. The molecule has 0 spiro atoms. The third-order valence-electron chi connectivity index (χ3n) is 17.4. The Balaban J connectivity index is 2.60. The second-order valence-electron chi connectivity index (χ2n) is 28.4. The number of amides is 13. The largest absolute Gasteiger partial charge is 0.481 e. The van der Waals surface area contributed by atoms with Gasteiger partial charge in [-0.15, -0.1) is 0 Å². The Kier molecular flexibility index (Phi) is 44.5. The maximum atomic E-state index is 14.9. The number of aliphatic hydroxyl groups excluding tert-OH is 2. The number of nitrogens with zero attached hydrogens (tertiary/aromatic N) is 3. The number of hydrogen-bond acceptors (Lipinski definition) is 23. The zero-order valence-electron chi connectivity index (χ0n) is 64.4. The van der Waals surface area contributed by atoms with Crippen molar-refractivity contribution in [3.8, 4) is 0 Å². The molecule has 14 atom stereocenters. The van der Waals surface area contributed by atoms with E-state index in [1.54, 1.807) is 55.4 Å². The number of imidazole rings is 2. The highest BCUT2D eigenvalue weighted by Crippen LogP contribution is 2.17. The molecule has 0 aromatic carbocycles. The summed E-state index contributed by atoms with van der Waals surface area (Å²) in [6.07, 6.45) is 5.11. The lowest BCUT2D eigenvalue weighted by molar-refractivity contribution is -0.144. The standard InChI is InChI=1S/C69H119N23O19/c1-9-38(8)55(92-59(101)42(16-11-13-21-71)81-63(105)48(26-39-29-76-33-79-39)84-56(98)41(72)15-10-12-20-70)67(109)89-47(25-37(6)7)62(104)87-49(27-40-30-77-34-80-40)64(106)82-43(17-14-22-78-69(74)75)57(99)85-46(24-36(4)5)61(103)86-45(23-35(2)3)60(102)83-44(18-19-53(73)95)58(100)88-50(28-54(96)97)65(107)90-51(31-93)66(108)91-52(32-94)68(110)111/h29-30,33-38,41-52,55,93-94H,9-28,31-32,70-72H2,1-8H3,(H2,73,95)(H,76,79)(H,77,80)(H,81,105)(H,82,106)(H,83,102)(H,84,98)(H,85,99)(H,86,103)(H,87,104)(H,88,100)(H,89,109)(H,90,107)(H,91,108)(H,92,101)(H,96,97)(H,110,111)(H4,74,75,78)/t38-,41-,42-,43-,44-,45-,46-,47-,48-,49-,50-,51-,52-,55-/m0/s1. The summed E-state index contributed by atoms with van der Waals surface area (Å²) < 4.78 is 0. The molecule has 0 saturated heterocycles. The molecular weight excluding hydrogens is 1450 g/mol. The first-order valence-electron chi connectivity index (χ1n) is 37.1. The Bertz CT molecular complexity index is 3360. The van der Waals surface area contributed by atoms with E-state index in [9.17, 15) is 92.3 Å². The van der Waals surface area contributed by atoms with Crippen LogP contribution < -0.4 is 98.2 Å². The number of carbonyl (C=O) groups is 15. The van der Waals surface area contributed by atoms with Crippen LogP contribution in [0.4, 0.5) is 0 Å². The van der Waals surface area contributed by atoms with Gasteiger partial charge in [0.1, 0.15) is 72.5 Å². The van der Waals surface area contributed by atoms with E-state index in [0.29, 0.717) is 56.5 Å². The van der Waals surface area contributed by atoms with Gasteiger partial charge in [-0.3, -0.25) is 72.1 Å². The molecule has 42 nitrogen and oxygen atoms in total. The van der Waals surface area contributed by atoms with Gasteiger partial charge in [0, 0.05) is 49.6 Å². The van der Waals surface area contributed by atoms with E-state index in [1.165, 1.54) is 25.0 Å². The number of nitrogens with one attached hydrogen (secondary N) is 14. The van der Waals surface area contributed by atoms with Crippen molar-refractivity contribution in [3.05, 3.63) is 36.4 Å². The van der Waals surface area contributed by atoms with Crippen LogP contribution in [-0.4, -0.2) is 246 Å². The Morgan fingerprint density at radius 3 is 1.18 bits per heavy atom. The summed E-state index contributed by atoms with van der Waals surface area (Å²) in [5, 5.41) is 68.3. The molecule has 30 N–H and O–H groups in total. The number of primary amides is 1. The zero-order valence-corrected chi connectivity index (χ0v) is 64.4. The number of carboxylic acid groups (broad SMARTS) is 2. The Hall–Kier alpha value is -10.5. The molecule has 0 aliphatic carbocycles. The van der Waals surface area contributed by atoms with Crippen molar-refractivity contribution in [2.45, 2.75) is 243 Å². The third-order valence-corrected chi connectivity index (χ3v) is 17.4. The molecule has 0 aliphatic heterocycles. The lowest BCUT2D eigenvalue weighted by atomic mass is 9.96. The smallest absolute Gasteiger partial charge is 0.328 e. The predicted molar refractivity (Wildman–Crippen MR) is 402 cm³/mol. The van der Waals surface area contributed by atoms with E-state index in [4.69, 9.17) is 34.4 Å². The van der Waals surface area contributed by atoms with Crippen molar-refractivity contribution >= 4 is 94.7 Å². The van der Waals surface area contributed by atoms with Crippen molar-refractivity contribution in [1.82, 2.24) is 83.7 Å². The number of nitrogens with two attached hydrogens (primary N) is 6. The summed E-state index contributed by atoms with van der Waals surface area (Å²) in [6, 6.07) is -20.0. The van der Waals surface area contributed by atoms with Gasteiger partial charge in [-0.2, -0.15) is 0 Å².